The third-order valence-electron chi connectivity index (χ3n) is 0.427. The maximum atomic E-state index is 6.56. The normalized spacial score (nSPS) is 7.00. The van der Waals surface area contributed by atoms with Gasteiger partial charge in [-0.15, -0.1) is 0 Å². The van der Waals surface area contributed by atoms with Crippen LogP contribution < -0.4 is 0 Å². The van der Waals surface area contributed by atoms with Gasteiger partial charge in [-0.05, 0) is 0 Å². The van der Waals surface area contributed by atoms with Crippen molar-refractivity contribution in [3.05, 3.63) is 12.7 Å². The maximum absolute atomic E-state index is 6.56. The van der Waals surface area contributed by atoms with E-state index in [1.165, 1.54) is 0 Å². The van der Waals surface area contributed by atoms with Gasteiger partial charge in [0, 0.05) is 0 Å². The van der Waals surface area contributed by atoms with Crippen molar-refractivity contribution in [2.75, 3.05) is 6.54 Å². The molecule has 1 nitrogen and oxygen atoms in total. The molecule has 0 aliphatic rings. The second-order valence-corrected chi connectivity index (χ2v) is 0.957. The van der Waals surface area contributed by atoms with E-state index in [1.54, 1.807) is 0 Å². The van der Waals surface area contributed by atoms with Crippen molar-refractivity contribution in [2.24, 2.45) is 0 Å². The van der Waals surface area contributed by atoms with Gasteiger partial charge < -0.3 is 12.7 Å². The monoisotopic (exact) mass is 177 g/mol. The van der Waals surface area contributed by atoms with Gasteiger partial charge in [0.05, 0.1) is 0 Å². The van der Waals surface area contributed by atoms with Gasteiger partial charge in [0.25, 0.3) is 0 Å². The molecule has 2 heteroatoms. The number of hydrogen-bond acceptors (Lipinski definition) is 0. The van der Waals surface area contributed by atoms with Crippen molar-refractivity contribution in [1.82, 2.24) is 0 Å². The minimum Gasteiger partial charge on any atom is -0.677 e. The van der Waals surface area contributed by atoms with Gasteiger partial charge in [-0.2, -0.15) is 13.0 Å². The average molecular weight is 178 g/mol. The fourth-order valence-corrected chi connectivity index (χ4v) is 0.125. The van der Waals surface area contributed by atoms with E-state index >= 15 is 0 Å². The molecule has 0 rings (SSSR count). The number of nitrogens with one attached hydrogen (secondary N) is 1. The summed E-state index contributed by atoms with van der Waals surface area (Å²) in [5.41, 5.74) is 6.56. The Labute approximate surface area is 53.0 Å². The quantitative estimate of drug-likeness (QED) is 0.453. The Morgan fingerprint density at radius 3 is 2.00 bits per heavy atom. The summed E-state index contributed by atoms with van der Waals surface area (Å²) in [5.74, 6) is 0. The molecule has 0 unspecified atom stereocenters. The van der Waals surface area contributed by atoms with Crippen molar-refractivity contribution in [3.8, 4) is 0 Å². The van der Waals surface area contributed by atoms with E-state index in [4.69, 9.17) is 5.73 Å². The molecule has 0 saturated heterocycles. The molecule has 1 N–H and O–H groups in total. The van der Waals surface area contributed by atoms with Gasteiger partial charge in [0.15, 0.2) is 0 Å². The predicted octanol–water partition coefficient (Wildman–Crippen LogP) is 1.65. The minimum absolute atomic E-state index is 0. The van der Waals surface area contributed by atoms with E-state index in [0.29, 0.717) is 6.54 Å². The van der Waals surface area contributed by atoms with Crippen LogP contribution in [-0.4, -0.2) is 6.54 Å². The van der Waals surface area contributed by atoms with Crippen LogP contribution in [0.25, 0.3) is 5.73 Å². The Kier molecular flexibility index (Phi) is 14.9. The third kappa shape index (κ3) is 8.82. The summed E-state index contributed by atoms with van der Waals surface area (Å²) < 4.78 is 0. The van der Waals surface area contributed by atoms with Gasteiger partial charge in [0.2, 0.25) is 0 Å². The summed E-state index contributed by atoms with van der Waals surface area (Å²) in [6, 6.07) is 0. The van der Waals surface area contributed by atoms with Crippen LogP contribution in [0.1, 0.15) is 12.8 Å². The molecule has 0 aliphatic heterocycles. The summed E-state index contributed by atoms with van der Waals surface area (Å²) in [6.07, 6.45) is 1.85. The predicted molar refractivity (Wildman–Crippen MR) is 23.8 cm³/mol. The van der Waals surface area contributed by atoms with Crippen molar-refractivity contribution >= 4 is 0 Å². The largest absolute Gasteiger partial charge is 2.00 e. The van der Waals surface area contributed by atoms with Crippen LogP contribution in [0.3, 0.4) is 0 Å². The molecule has 0 amide bonds. The van der Waals surface area contributed by atoms with Crippen molar-refractivity contribution in [2.45, 2.75) is 12.8 Å². The fourth-order valence-electron chi connectivity index (χ4n) is 0.125. The van der Waals surface area contributed by atoms with E-state index in [0.717, 1.165) is 12.8 Å². The van der Waals surface area contributed by atoms with E-state index in [1.807, 2.05) is 0 Å². The Balaban J connectivity index is 0. The van der Waals surface area contributed by atoms with Crippen LogP contribution >= 0.6 is 0 Å². The van der Waals surface area contributed by atoms with Crippen LogP contribution in [0.4, 0.5) is 0 Å². The molecule has 0 fully saturated rings. The van der Waals surface area contributed by atoms with E-state index in [9.17, 15) is 0 Å². The zero-order chi connectivity index (χ0) is 4.12. The third-order valence-corrected chi connectivity index (χ3v) is 0.427. The molecule has 0 aromatic carbocycles. The molecule has 0 aromatic heterocycles. The van der Waals surface area contributed by atoms with Gasteiger partial charge in [0.1, 0.15) is 0 Å². The molecule has 6 heavy (non-hydrogen) atoms. The number of unbranched alkanes of at least 4 members (excludes halogenated alkanes) is 1. The van der Waals surface area contributed by atoms with E-state index < -0.39 is 0 Å². The van der Waals surface area contributed by atoms with Crippen LogP contribution in [0.2, 0.25) is 0 Å². The topological polar surface area (TPSA) is 23.8 Å². The van der Waals surface area contributed by atoms with Crippen molar-refractivity contribution in [1.29, 1.82) is 0 Å². The molecular formula is C4H9NPd. The van der Waals surface area contributed by atoms with Gasteiger partial charge in [-0.25, -0.2) is 0 Å². The van der Waals surface area contributed by atoms with Crippen molar-refractivity contribution in [3.63, 3.8) is 0 Å². The second kappa shape index (κ2) is 9.16. The summed E-state index contributed by atoms with van der Waals surface area (Å²) in [7, 11) is 0. The molecule has 0 radical (unpaired) electrons. The molecule has 0 bridgehead atoms. The Morgan fingerprint density at radius 2 is 2.00 bits per heavy atom. The Hall–Kier alpha value is 0.622. The van der Waals surface area contributed by atoms with Crippen LogP contribution in [0.15, 0.2) is 0 Å². The minimum atomic E-state index is 0. The summed E-state index contributed by atoms with van der Waals surface area (Å²) in [6.45, 7) is 4.09. The standard InChI is InChI=1S/C4H9N.Pd/c1-2-3-4-5;/h5H,1-4H2;/q-2;+2. The first kappa shape index (κ1) is 9.80. The zero-order valence-corrected chi connectivity index (χ0v) is 5.20. The van der Waals surface area contributed by atoms with E-state index in [2.05, 4.69) is 6.92 Å². The van der Waals surface area contributed by atoms with E-state index in [-0.39, 0.29) is 20.4 Å². The Morgan fingerprint density at radius 1 is 1.50 bits per heavy atom. The van der Waals surface area contributed by atoms with Crippen LogP contribution in [-0.2, 0) is 20.4 Å². The molecule has 0 aromatic rings. The molecule has 0 saturated carbocycles. The molecule has 0 heterocycles. The first-order valence-electron chi connectivity index (χ1n) is 1.85. The van der Waals surface area contributed by atoms with Crippen LogP contribution in [0.5, 0.6) is 0 Å². The SMILES string of the molecule is [CH2-]CCC[NH-].[Pd+2]. The summed E-state index contributed by atoms with van der Waals surface area (Å²) in [4.78, 5) is 0. The maximum Gasteiger partial charge on any atom is 2.00 e. The number of hydrogen-bond donors (Lipinski definition) is 0. The zero-order valence-electron chi connectivity index (χ0n) is 3.64. The van der Waals surface area contributed by atoms with Gasteiger partial charge in [-0.1, -0.05) is 6.42 Å². The molecule has 40 valence electrons. The van der Waals surface area contributed by atoms with Crippen LogP contribution in [0, 0.1) is 6.92 Å². The first-order valence-corrected chi connectivity index (χ1v) is 1.85. The average Bonchev–Trinajstić information content (AvgIpc) is 1.41. The summed E-state index contributed by atoms with van der Waals surface area (Å²) >= 11 is 0. The summed E-state index contributed by atoms with van der Waals surface area (Å²) in [5, 5.41) is 0. The molecule has 0 spiro atoms. The first-order chi connectivity index (χ1) is 2.41. The number of rotatable bonds is 2. The fraction of sp³-hybridized carbons (Fsp3) is 0.750. The van der Waals surface area contributed by atoms with Gasteiger partial charge >= 0.3 is 20.4 Å². The Bertz CT molecular complexity index is 15.0. The molecule has 0 atom stereocenters. The van der Waals surface area contributed by atoms with Crippen molar-refractivity contribution < 1.29 is 20.4 Å². The smallest absolute Gasteiger partial charge is 0.677 e. The second-order valence-electron chi connectivity index (χ2n) is 0.957. The van der Waals surface area contributed by atoms with Gasteiger partial charge in [-0.3, -0.25) is 0 Å². The molecular weight excluding hydrogens is 168 g/mol. The molecule has 0 aliphatic carbocycles.